The van der Waals surface area contributed by atoms with Crippen LogP contribution in [0.2, 0.25) is 0 Å². The number of fused-ring (bicyclic) bond motifs is 1. The van der Waals surface area contributed by atoms with Gasteiger partial charge < -0.3 is 14.6 Å². The van der Waals surface area contributed by atoms with Gasteiger partial charge in [0.15, 0.2) is 0 Å². The molecule has 0 spiro atoms. The highest BCUT2D eigenvalue weighted by Gasteiger charge is 2.20. The van der Waals surface area contributed by atoms with E-state index in [1.54, 1.807) is 0 Å². The van der Waals surface area contributed by atoms with E-state index in [2.05, 4.69) is 54.9 Å². The van der Waals surface area contributed by atoms with Crippen LogP contribution in [0.3, 0.4) is 0 Å². The monoisotopic (exact) mass is 497 g/mol. The Morgan fingerprint density at radius 2 is 1.68 bits per heavy atom. The molecular formula is C32H39N3O2. The molecule has 0 aliphatic heterocycles. The lowest BCUT2D eigenvalue weighted by Crippen LogP contribution is -2.29. The lowest BCUT2D eigenvalue weighted by Gasteiger charge is -2.18. The van der Waals surface area contributed by atoms with Gasteiger partial charge >= 0.3 is 0 Å². The molecule has 0 aliphatic carbocycles. The van der Waals surface area contributed by atoms with Crippen molar-refractivity contribution in [2.45, 2.75) is 72.9 Å². The minimum Gasteiger partial charge on any atom is -0.493 e. The van der Waals surface area contributed by atoms with Crippen LogP contribution in [0.4, 0.5) is 0 Å². The van der Waals surface area contributed by atoms with E-state index in [9.17, 15) is 4.79 Å². The van der Waals surface area contributed by atoms with Crippen LogP contribution in [-0.2, 0) is 6.54 Å². The summed E-state index contributed by atoms with van der Waals surface area (Å²) in [6, 6.07) is 20.3. The molecule has 4 rings (SSSR count). The fourth-order valence-electron chi connectivity index (χ4n) is 4.86. The highest BCUT2D eigenvalue weighted by molar-refractivity contribution is 5.96. The second-order valence-electron chi connectivity index (χ2n) is 10.4. The van der Waals surface area contributed by atoms with E-state index in [-0.39, 0.29) is 11.9 Å². The third kappa shape index (κ3) is 6.22. The summed E-state index contributed by atoms with van der Waals surface area (Å²) in [6.45, 7) is 14.0. The van der Waals surface area contributed by atoms with Crippen LogP contribution in [0, 0.1) is 20.8 Å². The molecule has 0 aliphatic rings. The third-order valence-electron chi connectivity index (χ3n) is 6.87. The van der Waals surface area contributed by atoms with Gasteiger partial charge in [0.1, 0.15) is 11.6 Å². The fourth-order valence-corrected chi connectivity index (χ4v) is 4.86. The number of hydrogen-bond donors (Lipinski definition) is 1. The molecule has 1 atom stereocenters. The molecule has 1 aromatic heterocycles. The van der Waals surface area contributed by atoms with Gasteiger partial charge in [-0.05, 0) is 87.4 Å². The lowest BCUT2D eigenvalue weighted by molar-refractivity contribution is 0.0937. The van der Waals surface area contributed by atoms with Crippen LogP contribution in [0.25, 0.3) is 11.0 Å². The molecule has 0 saturated heterocycles. The second kappa shape index (κ2) is 11.6. The first kappa shape index (κ1) is 26.5. The summed E-state index contributed by atoms with van der Waals surface area (Å²) in [5, 5.41) is 3.17. The Hall–Kier alpha value is -3.60. The Morgan fingerprint density at radius 1 is 0.946 bits per heavy atom. The summed E-state index contributed by atoms with van der Waals surface area (Å²) < 4.78 is 8.45. The molecule has 0 fully saturated rings. The average Bonchev–Trinajstić information content (AvgIpc) is 3.22. The lowest BCUT2D eigenvalue weighted by atomic mass is 10.0. The molecule has 1 amide bonds. The number of aryl methyl sites for hydroxylation is 4. The van der Waals surface area contributed by atoms with Crippen molar-refractivity contribution in [1.29, 1.82) is 0 Å². The van der Waals surface area contributed by atoms with Crippen molar-refractivity contribution in [1.82, 2.24) is 14.9 Å². The average molecular weight is 498 g/mol. The zero-order chi connectivity index (χ0) is 26.5. The standard InChI is InChI=1S/C32H39N3O2/c1-21(2)26-15-13-23(4)20-30(26)37-18-10-9-17-35-29-12-8-7-11-28(29)34-31(35)25(6)33-32(36)27-16-14-22(3)19-24(27)5/h7-8,11-16,19-21,25H,9-10,17-18H2,1-6H3,(H,33,36). The maximum Gasteiger partial charge on any atom is 0.252 e. The van der Waals surface area contributed by atoms with Crippen molar-refractivity contribution in [3.8, 4) is 5.75 Å². The number of amides is 1. The largest absolute Gasteiger partial charge is 0.493 e. The van der Waals surface area contributed by atoms with Crippen molar-refractivity contribution in [3.05, 3.63) is 94.3 Å². The minimum atomic E-state index is -0.224. The second-order valence-corrected chi connectivity index (χ2v) is 10.4. The van der Waals surface area contributed by atoms with E-state index in [0.29, 0.717) is 18.1 Å². The number of nitrogens with zero attached hydrogens (tertiary/aromatic N) is 2. The molecule has 5 nitrogen and oxygen atoms in total. The Kier molecular flexibility index (Phi) is 8.32. The molecule has 0 saturated carbocycles. The molecule has 37 heavy (non-hydrogen) atoms. The van der Waals surface area contributed by atoms with E-state index >= 15 is 0 Å². The number of hydrogen-bond acceptors (Lipinski definition) is 3. The Morgan fingerprint density at radius 3 is 2.43 bits per heavy atom. The van der Waals surface area contributed by atoms with Crippen molar-refractivity contribution in [2.75, 3.05) is 6.61 Å². The third-order valence-corrected chi connectivity index (χ3v) is 6.87. The molecule has 0 radical (unpaired) electrons. The van der Waals surface area contributed by atoms with Crippen molar-refractivity contribution in [3.63, 3.8) is 0 Å². The number of unbranched alkanes of at least 4 members (excludes halogenated alkanes) is 1. The number of para-hydroxylation sites is 2. The fraction of sp³-hybridized carbons (Fsp3) is 0.375. The molecule has 0 bridgehead atoms. The summed E-state index contributed by atoms with van der Waals surface area (Å²) in [6.07, 6.45) is 1.88. The van der Waals surface area contributed by atoms with Gasteiger partial charge in [-0.1, -0.05) is 55.8 Å². The molecule has 1 heterocycles. The Balaban J connectivity index is 1.44. The van der Waals surface area contributed by atoms with Crippen molar-refractivity contribution >= 4 is 16.9 Å². The van der Waals surface area contributed by atoms with E-state index in [1.807, 2.05) is 57.2 Å². The number of rotatable bonds is 10. The highest BCUT2D eigenvalue weighted by Crippen LogP contribution is 2.28. The smallest absolute Gasteiger partial charge is 0.252 e. The van der Waals surface area contributed by atoms with E-state index in [1.165, 1.54) is 11.1 Å². The Bertz CT molecular complexity index is 1390. The quantitative estimate of drug-likeness (QED) is 0.232. The SMILES string of the molecule is Cc1ccc(C(=O)NC(C)c2nc3ccccc3n2CCCCOc2cc(C)ccc2C(C)C)c(C)c1. The summed E-state index contributed by atoms with van der Waals surface area (Å²) >= 11 is 0. The van der Waals surface area contributed by atoms with Gasteiger partial charge in [0.05, 0.1) is 23.7 Å². The van der Waals surface area contributed by atoms with Gasteiger partial charge in [-0.15, -0.1) is 0 Å². The molecule has 1 N–H and O–H groups in total. The first-order valence-electron chi connectivity index (χ1n) is 13.3. The number of ether oxygens (including phenoxy) is 1. The van der Waals surface area contributed by atoms with E-state index in [0.717, 1.165) is 53.1 Å². The number of imidazole rings is 1. The van der Waals surface area contributed by atoms with Gasteiger partial charge in [0.2, 0.25) is 0 Å². The molecule has 4 aromatic rings. The number of benzene rings is 3. The maximum atomic E-state index is 13.1. The van der Waals surface area contributed by atoms with Crippen molar-refractivity contribution in [2.24, 2.45) is 0 Å². The van der Waals surface area contributed by atoms with Crippen LogP contribution in [-0.4, -0.2) is 22.1 Å². The summed E-state index contributed by atoms with van der Waals surface area (Å²) in [5.74, 6) is 2.22. The van der Waals surface area contributed by atoms with Gasteiger partial charge in [-0.25, -0.2) is 4.98 Å². The van der Waals surface area contributed by atoms with Crippen molar-refractivity contribution < 1.29 is 9.53 Å². The van der Waals surface area contributed by atoms with Crippen LogP contribution in [0.15, 0.2) is 60.7 Å². The highest BCUT2D eigenvalue weighted by atomic mass is 16.5. The normalized spacial score (nSPS) is 12.2. The molecule has 1 unspecified atom stereocenters. The predicted molar refractivity (Wildman–Crippen MR) is 152 cm³/mol. The van der Waals surface area contributed by atoms with Gasteiger partial charge in [0, 0.05) is 12.1 Å². The minimum absolute atomic E-state index is 0.0730. The summed E-state index contributed by atoms with van der Waals surface area (Å²) in [5.41, 5.74) is 7.33. The maximum absolute atomic E-state index is 13.1. The van der Waals surface area contributed by atoms with Gasteiger partial charge in [-0.3, -0.25) is 4.79 Å². The van der Waals surface area contributed by atoms with E-state index in [4.69, 9.17) is 9.72 Å². The van der Waals surface area contributed by atoms with Crippen LogP contribution >= 0.6 is 0 Å². The molecule has 194 valence electrons. The van der Waals surface area contributed by atoms with Gasteiger partial charge in [-0.2, -0.15) is 0 Å². The van der Waals surface area contributed by atoms with Crippen LogP contribution < -0.4 is 10.1 Å². The first-order valence-corrected chi connectivity index (χ1v) is 13.3. The summed E-state index contributed by atoms with van der Waals surface area (Å²) in [7, 11) is 0. The first-order chi connectivity index (χ1) is 17.7. The van der Waals surface area contributed by atoms with Gasteiger partial charge in [0.25, 0.3) is 5.91 Å². The zero-order valence-electron chi connectivity index (χ0n) is 23.0. The number of nitrogens with one attached hydrogen (secondary N) is 1. The zero-order valence-corrected chi connectivity index (χ0v) is 23.0. The molecular weight excluding hydrogens is 458 g/mol. The van der Waals surface area contributed by atoms with Crippen LogP contribution in [0.1, 0.15) is 84.0 Å². The Labute approximate surface area is 220 Å². The van der Waals surface area contributed by atoms with E-state index < -0.39 is 0 Å². The number of carbonyl (C=O) groups is 1. The molecule has 5 heteroatoms. The number of carbonyl (C=O) groups excluding carboxylic acids is 1. The number of aromatic nitrogens is 2. The summed E-state index contributed by atoms with van der Waals surface area (Å²) in [4.78, 5) is 18.0. The van der Waals surface area contributed by atoms with Crippen LogP contribution in [0.5, 0.6) is 5.75 Å². The predicted octanol–water partition coefficient (Wildman–Crippen LogP) is 7.44. The topological polar surface area (TPSA) is 56.2 Å². The molecule has 3 aromatic carbocycles.